The highest BCUT2D eigenvalue weighted by atomic mass is 16.4. The van der Waals surface area contributed by atoms with Crippen LogP contribution in [-0.4, -0.2) is 27.3 Å². The molecule has 1 rings (SSSR count). The van der Waals surface area contributed by atoms with Crippen LogP contribution < -0.4 is 0 Å². The molecule has 5 heteroatoms. The van der Waals surface area contributed by atoms with Crippen LogP contribution in [0.1, 0.15) is 18.1 Å². The number of benzene rings is 1. The standard InChI is InChI=1S/C11H12O5/c12-9(13)6-8(11(15)16)10(14)7-4-2-1-3-5-7/h1-5,8,10,14H,6H2,(H,12,13)(H,15,16)/t8-,10+/m1/s1. The normalized spacial score (nSPS) is 14.1. The molecular weight excluding hydrogens is 212 g/mol. The molecule has 1 aromatic carbocycles. The molecule has 0 saturated carbocycles. The highest BCUT2D eigenvalue weighted by Gasteiger charge is 2.29. The molecule has 0 heterocycles. The Bertz CT molecular complexity index is 373. The van der Waals surface area contributed by atoms with E-state index in [4.69, 9.17) is 10.2 Å². The first-order chi connectivity index (χ1) is 7.52. The fourth-order valence-electron chi connectivity index (χ4n) is 1.40. The van der Waals surface area contributed by atoms with Gasteiger partial charge in [0.25, 0.3) is 0 Å². The Kier molecular flexibility index (Phi) is 4.02. The Labute approximate surface area is 92.0 Å². The van der Waals surface area contributed by atoms with Crippen LogP contribution in [0, 0.1) is 5.92 Å². The summed E-state index contributed by atoms with van der Waals surface area (Å²) in [6.45, 7) is 0. The van der Waals surface area contributed by atoms with Gasteiger partial charge in [-0.1, -0.05) is 30.3 Å². The molecule has 0 aliphatic rings. The van der Waals surface area contributed by atoms with Crippen LogP contribution in [0.15, 0.2) is 30.3 Å². The van der Waals surface area contributed by atoms with E-state index in [1.165, 1.54) is 0 Å². The predicted octanol–water partition coefficient (Wildman–Crippen LogP) is 0.895. The first-order valence-electron chi connectivity index (χ1n) is 4.70. The van der Waals surface area contributed by atoms with Crippen LogP contribution >= 0.6 is 0 Å². The summed E-state index contributed by atoms with van der Waals surface area (Å²) in [4.78, 5) is 21.3. The molecule has 1 aromatic rings. The second kappa shape index (κ2) is 5.27. The predicted molar refractivity (Wildman–Crippen MR) is 54.8 cm³/mol. The van der Waals surface area contributed by atoms with Gasteiger partial charge >= 0.3 is 11.9 Å². The second-order valence-electron chi connectivity index (χ2n) is 3.40. The fraction of sp³-hybridized carbons (Fsp3) is 0.273. The molecule has 0 aliphatic carbocycles. The maximum absolute atomic E-state index is 10.8. The van der Waals surface area contributed by atoms with E-state index in [-0.39, 0.29) is 0 Å². The highest BCUT2D eigenvalue weighted by molar-refractivity contribution is 5.78. The van der Waals surface area contributed by atoms with E-state index in [1.54, 1.807) is 30.3 Å². The molecule has 0 aliphatic heterocycles. The van der Waals surface area contributed by atoms with Crippen LogP contribution in [0.4, 0.5) is 0 Å². The summed E-state index contributed by atoms with van der Waals surface area (Å²) in [6.07, 6.45) is -1.92. The monoisotopic (exact) mass is 224 g/mol. The summed E-state index contributed by atoms with van der Waals surface area (Å²) in [5, 5.41) is 27.1. The van der Waals surface area contributed by atoms with E-state index in [0.29, 0.717) is 5.56 Å². The summed E-state index contributed by atoms with van der Waals surface area (Å²) < 4.78 is 0. The summed E-state index contributed by atoms with van der Waals surface area (Å²) >= 11 is 0. The lowest BCUT2D eigenvalue weighted by molar-refractivity contribution is -0.152. The number of carboxylic acid groups (broad SMARTS) is 2. The van der Waals surface area contributed by atoms with Crippen molar-refractivity contribution in [1.29, 1.82) is 0 Å². The first-order valence-corrected chi connectivity index (χ1v) is 4.70. The van der Waals surface area contributed by atoms with Gasteiger partial charge in [0, 0.05) is 0 Å². The van der Waals surface area contributed by atoms with Crippen molar-refractivity contribution >= 4 is 11.9 Å². The number of hydrogen-bond donors (Lipinski definition) is 3. The van der Waals surface area contributed by atoms with E-state index in [9.17, 15) is 14.7 Å². The van der Waals surface area contributed by atoms with Crippen molar-refractivity contribution in [3.05, 3.63) is 35.9 Å². The zero-order valence-electron chi connectivity index (χ0n) is 8.41. The van der Waals surface area contributed by atoms with Gasteiger partial charge in [-0.05, 0) is 5.56 Å². The van der Waals surface area contributed by atoms with Gasteiger partial charge in [-0.25, -0.2) is 0 Å². The largest absolute Gasteiger partial charge is 0.481 e. The van der Waals surface area contributed by atoms with Crippen LogP contribution in [-0.2, 0) is 9.59 Å². The van der Waals surface area contributed by atoms with Gasteiger partial charge in [0.15, 0.2) is 0 Å². The molecule has 2 atom stereocenters. The zero-order chi connectivity index (χ0) is 12.1. The average molecular weight is 224 g/mol. The molecule has 86 valence electrons. The molecule has 0 aromatic heterocycles. The smallest absolute Gasteiger partial charge is 0.310 e. The van der Waals surface area contributed by atoms with Crippen LogP contribution in [0.5, 0.6) is 0 Å². The summed E-state index contributed by atoms with van der Waals surface area (Å²) in [5.74, 6) is -3.90. The molecule has 0 fully saturated rings. The Morgan fingerprint density at radius 3 is 2.12 bits per heavy atom. The van der Waals surface area contributed by atoms with Crippen LogP contribution in [0.2, 0.25) is 0 Å². The molecule has 0 saturated heterocycles. The summed E-state index contributed by atoms with van der Waals surface area (Å²) in [7, 11) is 0. The Balaban J connectivity index is 2.87. The molecule has 0 bridgehead atoms. The van der Waals surface area contributed by atoms with E-state index >= 15 is 0 Å². The Morgan fingerprint density at radius 2 is 1.69 bits per heavy atom. The number of aliphatic hydroxyl groups is 1. The number of carbonyl (C=O) groups is 2. The maximum Gasteiger partial charge on any atom is 0.310 e. The third-order valence-corrected chi connectivity index (χ3v) is 2.23. The minimum absolute atomic E-state index is 0.399. The van der Waals surface area contributed by atoms with Crippen molar-refractivity contribution in [3.8, 4) is 0 Å². The summed E-state index contributed by atoms with van der Waals surface area (Å²) in [6, 6.07) is 8.14. The van der Waals surface area contributed by atoms with Crippen molar-refractivity contribution in [1.82, 2.24) is 0 Å². The Morgan fingerprint density at radius 1 is 1.12 bits per heavy atom. The van der Waals surface area contributed by atoms with Gasteiger partial charge in [0.05, 0.1) is 18.4 Å². The SMILES string of the molecule is O=C(O)C[C@@H](C(=O)O)[C@@H](O)c1ccccc1. The van der Waals surface area contributed by atoms with E-state index in [0.717, 1.165) is 0 Å². The number of hydrogen-bond acceptors (Lipinski definition) is 3. The lowest BCUT2D eigenvalue weighted by atomic mass is 9.93. The van der Waals surface area contributed by atoms with E-state index < -0.39 is 30.4 Å². The molecule has 3 N–H and O–H groups in total. The molecule has 0 spiro atoms. The topological polar surface area (TPSA) is 94.8 Å². The lowest BCUT2D eigenvalue weighted by Gasteiger charge is -2.17. The van der Waals surface area contributed by atoms with Crippen LogP contribution in [0.25, 0.3) is 0 Å². The van der Waals surface area contributed by atoms with E-state index in [1.807, 2.05) is 0 Å². The van der Waals surface area contributed by atoms with Crippen LogP contribution in [0.3, 0.4) is 0 Å². The Hall–Kier alpha value is -1.88. The second-order valence-corrected chi connectivity index (χ2v) is 3.40. The lowest BCUT2D eigenvalue weighted by Crippen LogP contribution is -2.24. The van der Waals surface area contributed by atoms with Crippen molar-refractivity contribution in [2.45, 2.75) is 12.5 Å². The van der Waals surface area contributed by atoms with Gasteiger partial charge in [-0.2, -0.15) is 0 Å². The molecule has 5 nitrogen and oxygen atoms in total. The van der Waals surface area contributed by atoms with Gasteiger partial charge in [0.1, 0.15) is 0 Å². The minimum atomic E-state index is -1.33. The number of rotatable bonds is 5. The van der Waals surface area contributed by atoms with Crippen molar-refractivity contribution in [2.75, 3.05) is 0 Å². The van der Waals surface area contributed by atoms with Crippen molar-refractivity contribution < 1.29 is 24.9 Å². The molecular formula is C11H12O5. The van der Waals surface area contributed by atoms with Gasteiger partial charge in [-0.3, -0.25) is 9.59 Å². The number of aliphatic carboxylic acids is 2. The van der Waals surface area contributed by atoms with Gasteiger partial charge in [-0.15, -0.1) is 0 Å². The third-order valence-electron chi connectivity index (χ3n) is 2.23. The number of carboxylic acids is 2. The molecule has 16 heavy (non-hydrogen) atoms. The van der Waals surface area contributed by atoms with Crippen molar-refractivity contribution in [3.63, 3.8) is 0 Å². The highest BCUT2D eigenvalue weighted by Crippen LogP contribution is 2.24. The van der Waals surface area contributed by atoms with Crippen molar-refractivity contribution in [2.24, 2.45) is 5.92 Å². The van der Waals surface area contributed by atoms with Gasteiger partial charge < -0.3 is 15.3 Å². The quantitative estimate of drug-likeness (QED) is 0.690. The maximum atomic E-state index is 10.8. The number of aliphatic hydroxyl groups excluding tert-OH is 1. The zero-order valence-corrected chi connectivity index (χ0v) is 8.41. The van der Waals surface area contributed by atoms with Gasteiger partial charge in [0.2, 0.25) is 0 Å². The first kappa shape index (κ1) is 12.2. The molecule has 0 unspecified atom stereocenters. The van der Waals surface area contributed by atoms with E-state index in [2.05, 4.69) is 0 Å². The molecule has 0 radical (unpaired) electrons. The average Bonchev–Trinajstić information content (AvgIpc) is 2.25. The third kappa shape index (κ3) is 3.06. The fourth-order valence-corrected chi connectivity index (χ4v) is 1.40. The minimum Gasteiger partial charge on any atom is -0.481 e. The summed E-state index contributed by atoms with van der Waals surface area (Å²) in [5.41, 5.74) is 0.399. The molecule has 0 amide bonds.